The summed E-state index contributed by atoms with van der Waals surface area (Å²) in [5, 5.41) is 11.5. The summed E-state index contributed by atoms with van der Waals surface area (Å²) in [6.45, 7) is 4.03. The zero-order chi connectivity index (χ0) is 14.3. The lowest BCUT2D eigenvalue weighted by atomic mass is 10.0. The van der Waals surface area contributed by atoms with E-state index in [0.717, 1.165) is 5.56 Å². The SMILES string of the molecule is CCOCC(=O)Nc1ccc(CC(C)C(=O)O)cc1. The van der Waals surface area contributed by atoms with Crippen molar-refractivity contribution in [3.05, 3.63) is 29.8 Å². The number of carbonyl (C=O) groups is 2. The van der Waals surface area contributed by atoms with Crippen LogP contribution < -0.4 is 5.32 Å². The molecule has 1 atom stereocenters. The third-order valence-electron chi connectivity index (χ3n) is 2.64. The highest BCUT2D eigenvalue weighted by Gasteiger charge is 2.11. The number of hydrogen-bond donors (Lipinski definition) is 2. The van der Waals surface area contributed by atoms with Crippen LogP contribution in [-0.2, 0) is 20.7 Å². The van der Waals surface area contributed by atoms with Crippen LogP contribution in [0.1, 0.15) is 19.4 Å². The highest BCUT2D eigenvalue weighted by molar-refractivity contribution is 5.91. The first-order valence-electron chi connectivity index (χ1n) is 6.22. The van der Waals surface area contributed by atoms with Crippen molar-refractivity contribution in [2.75, 3.05) is 18.5 Å². The van der Waals surface area contributed by atoms with Gasteiger partial charge in [0.2, 0.25) is 5.91 Å². The maximum atomic E-state index is 11.4. The van der Waals surface area contributed by atoms with Crippen LogP contribution in [0.25, 0.3) is 0 Å². The summed E-state index contributed by atoms with van der Waals surface area (Å²) in [6, 6.07) is 7.15. The number of hydrogen-bond acceptors (Lipinski definition) is 3. The Labute approximate surface area is 112 Å². The van der Waals surface area contributed by atoms with Crippen LogP contribution in [0.4, 0.5) is 5.69 Å². The molecule has 0 fully saturated rings. The number of carboxylic acid groups (broad SMARTS) is 1. The Morgan fingerprint density at radius 2 is 1.95 bits per heavy atom. The molecule has 1 unspecified atom stereocenters. The van der Waals surface area contributed by atoms with Crippen LogP contribution in [0.2, 0.25) is 0 Å². The number of carboxylic acids is 1. The van der Waals surface area contributed by atoms with Crippen LogP contribution >= 0.6 is 0 Å². The van der Waals surface area contributed by atoms with Crippen molar-refractivity contribution in [3.63, 3.8) is 0 Å². The zero-order valence-corrected chi connectivity index (χ0v) is 11.2. The van der Waals surface area contributed by atoms with E-state index in [1.165, 1.54) is 0 Å². The fourth-order valence-corrected chi connectivity index (χ4v) is 1.56. The van der Waals surface area contributed by atoms with Crippen LogP contribution in [0.3, 0.4) is 0 Å². The Morgan fingerprint density at radius 3 is 2.47 bits per heavy atom. The van der Waals surface area contributed by atoms with Crippen molar-refractivity contribution >= 4 is 17.6 Å². The molecule has 0 bridgehead atoms. The molecule has 0 aliphatic carbocycles. The third kappa shape index (κ3) is 5.52. The second kappa shape index (κ2) is 7.53. The number of aliphatic carboxylic acids is 1. The minimum absolute atomic E-state index is 0.0360. The second-order valence-electron chi connectivity index (χ2n) is 4.33. The monoisotopic (exact) mass is 265 g/mol. The summed E-state index contributed by atoms with van der Waals surface area (Å²) in [5.74, 6) is -1.43. The average Bonchev–Trinajstić information content (AvgIpc) is 2.38. The molecule has 5 nitrogen and oxygen atoms in total. The molecule has 104 valence electrons. The first kappa shape index (κ1) is 15.2. The second-order valence-corrected chi connectivity index (χ2v) is 4.33. The van der Waals surface area contributed by atoms with E-state index < -0.39 is 11.9 Å². The molecule has 0 heterocycles. The predicted molar refractivity (Wildman–Crippen MR) is 72.1 cm³/mol. The topological polar surface area (TPSA) is 75.6 Å². The zero-order valence-electron chi connectivity index (χ0n) is 11.2. The van der Waals surface area contributed by atoms with Crippen LogP contribution in [0, 0.1) is 5.92 Å². The van der Waals surface area contributed by atoms with Crippen molar-refractivity contribution in [1.82, 2.24) is 0 Å². The summed E-state index contributed by atoms with van der Waals surface area (Å²) in [6.07, 6.45) is 0.475. The van der Waals surface area contributed by atoms with E-state index in [9.17, 15) is 9.59 Å². The summed E-state index contributed by atoms with van der Waals surface area (Å²) in [4.78, 5) is 22.2. The molecule has 5 heteroatoms. The third-order valence-corrected chi connectivity index (χ3v) is 2.64. The molecule has 2 N–H and O–H groups in total. The minimum Gasteiger partial charge on any atom is -0.481 e. The van der Waals surface area contributed by atoms with Crippen molar-refractivity contribution in [3.8, 4) is 0 Å². The predicted octanol–water partition coefficient (Wildman–Crippen LogP) is 1.92. The van der Waals surface area contributed by atoms with Gasteiger partial charge in [0.25, 0.3) is 0 Å². The molecular formula is C14H19NO4. The first-order valence-corrected chi connectivity index (χ1v) is 6.22. The molecule has 1 aromatic carbocycles. The van der Waals surface area contributed by atoms with E-state index >= 15 is 0 Å². The Balaban J connectivity index is 2.52. The van der Waals surface area contributed by atoms with E-state index in [-0.39, 0.29) is 12.5 Å². The molecule has 0 aromatic heterocycles. The molecule has 0 saturated carbocycles. The van der Waals surface area contributed by atoms with Gasteiger partial charge in [0.1, 0.15) is 6.61 Å². The Bertz CT molecular complexity index is 428. The van der Waals surface area contributed by atoms with Gasteiger partial charge in [-0.05, 0) is 31.0 Å². The van der Waals surface area contributed by atoms with Gasteiger partial charge in [-0.15, -0.1) is 0 Å². The van der Waals surface area contributed by atoms with Crippen LogP contribution in [0.5, 0.6) is 0 Å². The number of nitrogens with one attached hydrogen (secondary N) is 1. The standard InChI is InChI=1S/C14H19NO4/c1-3-19-9-13(16)15-12-6-4-11(5-7-12)8-10(2)14(17)18/h4-7,10H,3,8-9H2,1-2H3,(H,15,16)(H,17,18). The number of carbonyl (C=O) groups excluding carboxylic acids is 1. The Kier molecular flexibility index (Phi) is 6.02. The highest BCUT2D eigenvalue weighted by Crippen LogP contribution is 2.13. The van der Waals surface area contributed by atoms with Gasteiger partial charge >= 0.3 is 5.97 Å². The van der Waals surface area contributed by atoms with Crippen LogP contribution in [-0.4, -0.2) is 30.2 Å². The maximum absolute atomic E-state index is 11.4. The first-order chi connectivity index (χ1) is 9.02. The Morgan fingerprint density at radius 1 is 1.32 bits per heavy atom. The van der Waals surface area contributed by atoms with E-state index in [0.29, 0.717) is 18.7 Å². The number of amides is 1. The van der Waals surface area contributed by atoms with Crippen molar-refractivity contribution < 1.29 is 19.4 Å². The molecule has 0 aliphatic rings. The molecule has 0 aliphatic heterocycles. The molecule has 0 saturated heterocycles. The van der Waals surface area contributed by atoms with Gasteiger partial charge in [-0.3, -0.25) is 9.59 Å². The molecule has 1 amide bonds. The van der Waals surface area contributed by atoms with Crippen LogP contribution in [0.15, 0.2) is 24.3 Å². The molecule has 1 aromatic rings. The largest absolute Gasteiger partial charge is 0.481 e. The number of benzene rings is 1. The van der Waals surface area contributed by atoms with Crippen molar-refractivity contribution in [2.45, 2.75) is 20.3 Å². The minimum atomic E-state index is -0.811. The highest BCUT2D eigenvalue weighted by atomic mass is 16.5. The van der Waals surface area contributed by atoms with Crippen molar-refractivity contribution in [2.24, 2.45) is 5.92 Å². The van der Waals surface area contributed by atoms with Gasteiger partial charge in [-0.25, -0.2) is 0 Å². The lowest BCUT2D eigenvalue weighted by molar-refractivity contribution is -0.141. The van der Waals surface area contributed by atoms with Gasteiger partial charge in [0.05, 0.1) is 5.92 Å². The van der Waals surface area contributed by atoms with Gasteiger partial charge in [0, 0.05) is 12.3 Å². The van der Waals surface area contributed by atoms with E-state index in [1.54, 1.807) is 19.1 Å². The summed E-state index contributed by atoms with van der Waals surface area (Å²) in [5.41, 5.74) is 1.61. The summed E-state index contributed by atoms with van der Waals surface area (Å²) in [7, 11) is 0. The molecule has 19 heavy (non-hydrogen) atoms. The lowest BCUT2D eigenvalue weighted by Gasteiger charge is -2.08. The van der Waals surface area contributed by atoms with Gasteiger partial charge in [-0.1, -0.05) is 19.1 Å². The Hall–Kier alpha value is -1.88. The quantitative estimate of drug-likeness (QED) is 0.789. The molecular weight excluding hydrogens is 246 g/mol. The van der Waals surface area contributed by atoms with E-state index in [2.05, 4.69) is 5.32 Å². The van der Waals surface area contributed by atoms with Gasteiger partial charge < -0.3 is 15.2 Å². The fourth-order valence-electron chi connectivity index (χ4n) is 1.56. The smallest absolute Gasteiger partial charge is 0.306 e. The summed E-state index contributed by atoms with van der Waals surface area (Å²) >= 11 is 0. The van der Waals surface area contributed by atoms with Gasteiger partial charge in [-0.2, -0.15) is 0 Å². The van der Waals surface area contributed by atoms with E-state index in [1.807, 2.05) is 19.1 Å². The average molecular weight is 265 g/mol. The normalized spacial score (nSPS) is 11.9. The molecule has 0 spiro atoms. The lowest BCUT2D eigenvalue weighted by Crippen LogP contribution is -2.18. The van der Waals surface area contributed by atoms with Gasteiger partial charge in [0.15, 0.2) is 0 Å². The summed E-state index contributed by atoms with van der Waals surface area (Å²) < 4.78 is 4.99. The maximum Gasteiger partial charge on any atom is 0.306 e. The van der Waals surface area contributed by atoms with Crippen molar-refractivity contribution in [1.29, 1.82) is 0 Å². The van der Waals surface area contributed by atoms with E-state index in [4.69, 9.17) is 9.84 Å². The molecule has 0 radical (unpaired) electrons. The number of anilines is 1. The molecule has 1 rings (SSSR count). The number of rotatable bonds is 7. The number of ether oxygens (including phenoxy) is 1. The fraction of sp³-hybridized carbons (Fsp3) is 0.429.